The summed E-state index contributed by atoms with van der Waals surface area (Å²) in [6.07, 6.45) is 0.389. The third-order valence-corrected chi connectivity index (χ3v) is 2.44. The lowest BCUT2D eigenvalue weighted by molar-refractivity contribution is -0.384. The Morgan fingerprint density at radius 1 is 1.61 bits per heavy atom. The maximum absolute atomic E-state index is 11.7. The lowest BCUT2D eigenvalue weighted by atomic mass is 10.1. The molecule has 0 heterocycles. The Hall–Kier alpha value is -2.42. The summed E-state index contributed by atoms with van der Waals surface area (Å²) in [7, 11) is 0. The average Bonchev–Trinajstić information content (AvgIpc) is 2.37. The van der Waals surface area contributed by atoms with Crippen LogP contribution in [-0.4, -0.2) is 17.0 Å². The van der Waals surface area contributed by atoms with E-state index in [1.807, 2.05) is 6.92 Å². The topological polar surface area (TPSA) is 93.2 Å². The molecule has 0 aromatic heterocycles. The lowest BCUT2D eigenvalue weighted by Gasteiger charge is -2.11. The Labute approximate surface area is 104 Å². The van der Waals surface area contributed by atoms with E-state index < -0.39 is 10.9 Å². The highest BCUT2D eigenvalue weighted by Crippen LogP contribution is 2.18. The van der Waals surface area contributed by atoms with Gasteiger partial charge in [0.25, 0.3) is 5.69 Å². The molecule has 1 rings (SSSR count). The number of ether oxygens (including phenoxy) is 1. The van der Waals surface area contributed by atoms with Crippen molar-refractivity contribution in [3.05, 3.63) is 39.4 Å². The number of hydrogen-bond donors (Lipinski definition) is 0. The van der Waals surface area contributed by atoms with E-state index in [2.05, 4.69) is 0 Å². The zero-order chi connectivity index (χ0) is 13.7. The van der Waals surface area contributed by atoms with Crippen molar-refractivity contribution < 1.29 is 14.5 Å². The molecule has 6 heteroatoms. The smallest absolute Gasteiger partial charge is 0.339 e. The standard InChI is InChI=1S/C12H12N2O4/c1-3-8(2)18-12(15)11-5-4-10(14(16)17)6-9(11)7-13/h4-6,8H,3H2,1-2H3. The number of rotatable bonds is 4. The number of non-ortho nitro benzene ring substituents is 1. The number of carbonyl (C=O) groups excluding carboxylic acids is 1. The number of nitro benzene ring substituents is 1. The van der Waals surface area contributed by atoms with Crippen molar-refractivity contribution in [1.29, 1.82) is 5.26 Å². The fourth-order valence-electron chi connectivity index (χ4n) is 1.25. The highest BCUT2D eigenvalue weighted by Gasteiger charge is 2.18. The van der Waals surface area contributed by atoms with E-state index in [4.69, 9.17) is 10.00 Å². The van der Waals surface area contributed by atoms with E-state index in [1.54, 1.807) is 13.0 Å². The predicted octanol–water partition coefficient (Wildman–Crippen LogP) is 2.42. The highest BCUT2D eigenvalue weighted by molar-refractivity contribution is 5.92. The fraction of sp³-hybridized carbons (Fsp3) is 0.333. The number of nitro groups is 1. The van der Waals surface area contributed by atoms with E-state index in [9.17, 15) is 14.9 Å². The van der Waals surface area contributed by atoms with Crippen molar-refractivity contribution in [2.45, 2.75) is 26.4 Å². The molecular weight excluding hydrogens is 236 g/mol. The third-order valence-electron chi connectivity index (χ3n) is 2.44. The van der Waals surface area contributed by atoms with Crippen molar-refractivity contribution in [3.8, 4) is 6.07 Å². The molecule has 18 heavy (non-hydrogen) atoms. The zero-order valence-electron chi connectivity index (χ0n) is 10.0. The van der Waals surface area contributed by atoms with Crippen LogP contribution in [-0.2, 0) is 4.74 Å². The minimum absolute atomic E-state index is 0.0448. The van der Waals surface area contributed by atoms with Gasteiger partial charge in [0.15, 0.2) is 0 Å². The van der Waals surface area contributed by atoms with Gasteiger partial charge in [0.2, 0.25) is 0 Å². The van der Waals surface area contributed by atoms with Crippen LogP contribution in [0.25, 0.3) is 0 Å². The quantitative estimate of drug-likeness (QED) is 0.463. The van der Waals surface area contributed by atoms with Crippen molar-refractivity contribution >= 4 is 11.7 Å². The van der Waals surface area contributed by atoms with Crippen LogP contribution in [0.3, 0.4) is 0 Å². The molecule has 0 fully saturated rings. The van der Waals surface area contributed by atoms with Crippen molar-refractivity contribution in [2.24, 2.45) is 0 Å². The van der Waals surface area contributed by atoms with Gasteiger partial charge in [0, 0.05) is 12.1 Å². The van der Waals surface area contributed by atoms with Crippen LogP contribution in [0.4, 0.5) is 5.69 Å². The number of carbonyl (C=O) groups is 1. The summed E-state index contributed by atoms with van der Waals surface area (Å²) in [6, 6.07) is 5.23. The van der Waals surface area contributed by atoms with Gasteiger partial charge in [-0.05, 0) is 19.4 Å². The van der Waals surface area contributed by atoms with Gasteiger partial charge in [-0.3, -0.25) is 10.1 Å². The van der Waals surface area contributed by atoms with Gasteiger partial charge in [0.1, 0.15) is 6.07 Å². The molecule has 0 saturated carbocycles. The molecular formula is C12H12N2O4. The van der Waals surface area contributed by atoms with Crippen LogP contribution in [0.2, 0.25) is 0 Å². The summed E-state index contributed by atoms with van der Waals surface area (Å²) in [5.41, 5.74) is -0.243. The Bertz CT molecular complexity index is 519. The Balaban J connectivity index is 3.07. The minimum atomic E-state index is -0.643. The normalized spacial score (nSPS) is 11.4. The first-order valence-electron chi connectivity index (χ1n) is 5.39. The van der Waals surface area contributed by atoms with Crippen LogP contribution in [0.5, 0.6) is 0 Å². The molecule has 0 aliphatic heterocycles. The third kappa shape index (κ3) is 3.04. The maximum Gasteiger partial charge on any atom is 0.339 e. The molecule has 0 amide bonds. The Morgan fingerprint density at radius 2 is 2.28 bits per heavy atom. The van der Waals surface area contributed by atoms with Crippen molar-refractivity contribution in [2.75, 3.05) is 0 Å². The SMILES string of the molecule is CCC(C)OC(=O)c1ccc([N+](=O)[O-])cc1C#N. The molecule has 0 spiro atoms. The first-order chi connectivity index (χ1) is 8.49. The van der Waals surface area contributed by atoms with Crippen LogP contribution in [0, 0.1) is 21.4 Å². The second-order valence-electron chi connectivity index (χ2n) is 3.72. The molecule has 1 unspecified atom stereocenters. The maximum atomic E-state index is 11.7. The number of esters is 1. The van der Waals surface area contributed by atoms with Gasteiger partial charge >= 0.3 is 5.97 Å². The molecule has 0 aliphatic rings. The molecule has 0 aliphatic carbocycles. The minimum Gasteiger partial charge on any atom is -0.459 e. The summed E-state index contributed by atoms with van der Waals surface area (Å²) < 4.78 is 5.07. The largest absolute Gasteiger partial charge is 0.459 e. The van der Waals surface area contributed by atoms with E-state index in [0.717, 1.165) is 6.07 Å². The predicted molar refractivity (Wildman–Crippen MR) is 63.0 cm³/mol. The Kier molecular flexibility index (Phi) is 4.38. The van der Waals surface area contributed by atoms with Gasteiger partial charge in [-0.15, -0.1) is 0 Å². The van der Waals surface area contributed by atoms with E-state index >= 15 is 0 Å². The second kappa shape index (κ2) is 5.77. The monoisotopic (exact) mass is 248 g/mol. The molecule has 0 radical (unpaired) electrons. The zero-order valence-corrected chi connectivity index (χ0v) is 10.0. The molecule has 1 aromatic carbocycles. The summed E-state index contributed by atoms with van der Waals surface area (Å²) in [5.74, 6) is -0.643. The number of nitrogens with zero attached hydrogens (tertiary/aromatic N) is 2. The summed E-state index contributed by atoms with van der Waals surface area (Å²) in [6.45, 7) is 3.59. The van der Waals surface area contributed by atoms with E-state index in [0.29, 0.717) is 6.42 Å². The first kappa shape index (κ1) is 13.6. The van der Waals surface area contributed by atoms with E-state index in [-0.39, 0.29) is 22.9 Å². The first-order valence-corrected chi connectivity index (χ1v) is 5.39. The summed E-state index contributed by atoms with van der Waals surface area (Å²) in [4.78, 5) is 21.7. The van der Waals surface area contributed by atoms with Crippen LogP contribution in [0.1, 0.15) is 36.2 Å². The Morgan fingerprint density at radius 3 is 2.78 bits per heavy atom. The summed E-state index contributed by atoms with van der Waals surface area (Å²) >= 11 is 0. The van der Waals surface area contributed by atoms with Crippen LogP contribution >= 0.6 is 0 Å². The second-order valence-corrected chi connectivity index (χ2v) is 3.72. The van der Waals surface area contributed by atoms with Crippen molar-refractivity contribution in [1.82, 2.24) is 0 Å². The molecule has 0 N–H and O–H groups in total. The van der Waals surface area contributed by atoms with Crippen LogP contribution < -0.4 is 0 Å². The highest BCUT2D eigenvalue weighted by atomic mass is 16.6. The molecule has 1 atom stereocenters. The van der Waals surface area contributed by atoms with Gasteiger partial charge in [-0.2, -0.15) is 5.26 Å². The molecule has 1 aromatic rings. The lowest BCUT2D eigenvalue weighted by Crippen LogP contribution is -2.15. The molecule has 6 nitrogen and oxygen atoms in total. The molecule has 94 valence electrons. The van der Waals surface area contributed by atoms with Crippen molar-refractivity contribution in [3.63, 3.8) is 0 Å². The van der Waals surface area contributed by atoms with Gasteiger partial charge in [0.05, 0.1) is 22.2 Å². The van der Waals surface area contributed by atoms with Gasteiger partial charge in [-0.1, -0.05) is 6.92 Å². The molecule has 0 bridgehead atoms. The van der Waals surface area contributed by atoms with Gasteiger partial charge in [-0.25, -0.2) is 4.79 Å². The van der Waals surface area contributed by atoms with Gasteiger partial charge < -0.3 is 4.74 Å². The van der Waals surface area contributed by atoms with E-state index in [1.165, 1.54) is 12.1 Å². The number of nitriles is 1. The molecule has 0 saturated heterocycles. The fourth-order valence-corrected chi connectivity index (χ4v) is 1.25. The number of benzene rings is 1. The number of hydrogen-bond acceptors (Lipinski definition) is 5. The average molecular weight is 248 g/mol. The summed E-state index contributed by atoms with van der Waals surface area (Å²) in [5, 5.41) is 19.4. The van der Waals surface area contributed by atoms with Crippen LogP contribution in [0.15, 0.2) is 18.2 Å².